The number of carboxylic acids is 1. The van der Waals surface area contributed by atoms with Crippen LogP contribution in [-0.2, 0) is 4.79 Å². The highest BCUT2D eigenvalue weighted by Gasteiger charge is 2.28. The molecule has 1 atom stereocenters. The first-order valence-corrected chi connectivity index (χ1v) is 8.57. The fourth-order valence-electron chi connectivity index (χ4n) is 3.52. The molecule has 24 heavy (non-hydrogen) atoms. The summed E-state index contributed by atoms with van der Waals surface area (Å²) in [4.78, 5) is 29.6. The van der Waals surface area contributed by atoms with Gasteiger partial charge in [-0.15, -0.1) is 0 Å². The van der Waals surface area contributed by atoms with Crippen molar-refractivity contribution in [3.63, 3.8) is 0 Å². The van der Waals surface area contributed by atoms with Gasteiger partial charge in [0, 0.05) is 31.4 Å². The van der Waals surface area contributed by atoms with Crippen LogP contribution >= 0.6 is 0 Å². The molecule has 1 aromatic heterocycles. The van der Waals surface area contributed by atoms with Crippen LogP contribution in [-0.4, -0.2) is 47.3 Å². The quantitative estimate of drug-likeness (QED) is 0.778. The Labute approximate surface area is 141 Å². The number of hydrogen-bond acceptors (Lipinski definition) is 4. The molecule has 0 spiro atoms. The number of amides is 2. The number of aromatic nitrogens is 1. The summed E-state index contributed by atoms with van der Waals surface area (Å²) in [5.41, 5.74) is 0. The topological polar surface area (TPSA) is 94.6 Å². The van der Waals surface area contributed by atoms with Gasteiger partial charge in [0.1, 0.15) is 5.82 Å². The molecule has 1 aliphatic heterocycles. The Morgan fingerprint density at radius 1 is 1.08 bits per heavy atom. The van der Waals surface area contributed by atoms with Gasteiger partial charge in [-0.2, -0.15) is 0 Å². The number of carbonyl (C=O) groups excluding carboxylic acids is 1. The lowest BCUT2D eigenvalue weighted by Gasteiger charge is -2.27. The summed E-state index contributed by atoms with van der Waals surface area (Å²) in [6.45, 7) is 1.64. The summed E-state index contributed by atoms with van der Waals surface area (Å²) in [5.74, 6) is -0.0412. The lowest BCUT2D eigenvalue weighted by Crippen LogP contribution is -2.48. The largest absolute Gasteiger partial charge is 0.481 e. The van der Waals surface area contributed by atoms with E-state index < -0.39 is 5.97 Å². The van der Waals surface area contributed by atoms with E-state index in [1.807, 2.05) is 18.2 Å². The number of aliphatic carboxylic acids is 1. The van der Waals surface area contributed by atoms with Gasteiger partial charge in [-0.3, -0.25) is 4.79 Å². The first-order chi connectivity index (χ1) is 11.6. The Bertz CT molecular complexity index is 572. The van der Waals surface area contributed by atoms with Gasteiger partial charge >= 0.3 is 12.0 Å². The lowest BCUT2D eigenvalue weighted by molar-refractivity contribution is -0.142. The number of hydrogen-bond donors (Lipinski definition) is 3. The number of nitrogens with zero attached hydrogens (tertiary/aromatic N) is 2. The van der Waals surface area contributed by atoms with Crippen molar-refractivity contribution in [1.82, 2.24) is 15.6 Å². The molecule has 7 nitrogen and oxygen atoms in total. The molecular formula is C17H24N4O3. The maximum Gasteiger partial charge on any atom is 0.315 e. The Morgan fingerprint density at radius 2 is 1.83 bits per heavy atom. The normalized spacial score (nSPS) is 26.8. The van der Waals surface area contributed by atoms with Gasteiger partial charge in [0.2, 0.25) is 0 Å². The SMILES string of the molecule is O=C(NC1CCC(C(=O)O)CC1)NC1CCN(c2ccccn2)C1. The van der Waals surface area contributed by atoms with E-state index in [4.69, 9.17) is 5.11 Å². The Kier molecular flexibility index (Phi) is 5.17. The fraction of sp³-hybridized carbons (Fsp3) is 0.588. The maximum absolute atomic E-state index is 12.2. The zero-order valence-corrected chi connectivity index (χ0v) is 13.6. The highest BCUT2D eigenvalue weighted by molar-refractivity contribution is 5.75. The number of nitrogens with one attached hydrogen (secondary N) is 2. The number of urea groups is 1. The second-order valence-electron chi connectivity index (χ2n) is 6.62. The average Bonchev–Trinajstić information content (AvgIpc) is 3.04. The van der Waals surface area contributed by atoms with E-state index >= 15 is 0 Å². The van der Waals surface area contributed by atoms with E-state index in [9.17, 15) is 9.59 Å². The molecule has 130 valence electrons. The predicted molar refractivity (Wildman–Crippen MR) is 89.9 cm³/mol. The van der Waals surface area contributed by atoms with Crippen molar-refractivity contribution in [2.75, 3.05) is 18.0 Å². The number of anilines is 1. The van der Waals surface area contributed by atoms with E-state index in [0.717, 1.165) is 38.2 Å². The molecule has 3 rings (SSSR count). The number of pyridine rings is 1. The van der Waals surface area contributed by atoms with E-state index in [-0.39, 0.29) is 24.0 Å². The van der Waals surface area contributed by atoms with Gasteiger partial charge in [0.05, 0.1) is 5.92 Å². The summed E-state index contributed by atoms with van der Waals surface area (Å²) in [6.07, 6.45) is 5.41. The third kappa shape index (κ3) is 4.15. The molecule has 1 aliphatic carbocycles. The van der Waals surface area contributed by atoms with Crippen molar-refractivity contribution in [3.8, 4) is 0 Å². The van der Waals surface area contributed by atoms with Crippen LogP contribution in [0.25, 0.3) is 0 Å². The molecule has 2 amide bonds. The molecule has 3 N–H and O–H groups in total. The second kappa shape index (κ2) is 7.51. The summed E-state index contributed by atoms with van der Waals surface area (Å²) < 4.78 is 0. The molecule has 2 aliphatic rings. The predicted octanol–water partition coefficient (Wildman–Crippen LogP) is 1.60. The average molecular weight is 332 g/mol. The highest BCUT2D eigenvalue weighted by atomic mass is 16.4. The van der Waals surface area contributed by atoms with Crippen LogP contribution in [0.15, 0.2) is 24.4 Å². The minimum absolute atomic E-state index is 0.0777. The van der Waals surface area contributed by atoms with Gasteiger partial charge in [0.15, 0.2) is 0 Å². The molecule has 1 saturated carbocycles. The van der Waals surface area contributed by atoms with Crippen LogP contribution in [0.5, 0.6) is 0 Å². The highest BCUT2D eigenvalue weighted by Crippen LogP contribution is 2.24. The zero-order valence-electron chi connectivity index (χ0n) is 13.6. The van der Waals surface area contributed by atoms with Crippen molar-refractivity contribution in [1.29, 1.82) is 0 Å². The minimum atomic E-state index is -0.724. The van der Waals surface area contributed by atoms with Crippen molar-refractivity contribution in [2.24, 2.45) is 5.92 Å². The standard InChI is InChI=1S/C17H24N4O3/c22-16(23)12-4-6-13(7-5-12)19-17(24)20-14-8-10-21(11-14)15-3-1-2-9-18-15/h1-3,9,12-14H,4-8,10-11H2,(H,22,23)(H2,19,20,24). The van der Waals surface area contributed by atoms with Crippen molar-refractivity contribution >= 4 is 17.8 Å². The van der Waals surface area contributed by atoms with E-state index in [1.165, 1.54) is 0 Å². The van der Waals surface area contributed by atoms with Gasteiger partial charge in [0.25, 0.3) is 0 Å². The van der Waals surface area contributed by atoms with Crippen molar-refractivity contribution in [2.45, 2.75) is 44.2 Å². The Balaban J connectivity index is 1.41. The van der Waals surface area contributed by atoms with Gasteiger partial charge in [-0.1, -0.05) is 6.07 Å². The third-order valence-electron chi connectivity index (χ3n) is 4.91. The fourth-order valence-corrected chi connectivity index (χ4v) is 3.52. The van der Waals surface area contributed by atoms with E-state index in [0.29, 0.717) is 12.8 Å². The molecule has 2 heterocycles. The third-order valence-corrected chi connectivity index (χ3v) is 4.91. The van der Waals surface area contributed by atoms with Gasteiger partial charge < -0.3 is 20.6 Å². The lowest BCUT2D eigenvalue weighted by atomic mass is 9.86. The summed E-state index contributed by atoms with van der Waals surface area (Å²) >= 11 is 0. The van der Waals surface area contributed by atoms with Crippen molar-refractivity contribution < 1.29 is 14.7 Å². The van der Waals surface area contributed by atoms with Crippen LogP contribution in [0.3, 0.4) is 0 Å². The van der Waals surface area contributed by atoms with E-state index in [2.05, 4.69) is 20.5 Å². The van der Waals surface area contributed by atoms with Crippen LogP contribution in [0.4, 0.5) is 10.6 Å². The first kappa shape index (κ1) is 16.5. The summed E-state index contributed by atoms with van der Waals surface area (Å²) in [6, 6.07) is 5.87. The van der Waals surface area contributed by atoms with Gasteiger partial charge in [-0.05, 0) is 44.2 Å². The number of carbonyl (C=O) groups is 2. The zero-order chi connectivity index (χ0) is 16.9. The first-order valence-electron chi connectivity index (χ1n) is 8.57. The minimum Gasteiger partial charge on any atom is -0.481 e. The van der Waals surface area contributed by atoms with Crippen LogP contribution in [0, 0.1) is 5.92 Å². The second-order valence-corrected chi connectivity index (χ2v) is 6.62. The van der Waals surface area contributed by atoms with Crippen molar-refractivity contribution in [3.05, 3.63) is 24.4 Å². The molecule has 0 radical (unpaired) electrons. The maximum atomic E-state index is 12.2. The molecule has 0 bridgehead atoms. The summed E-state index contributed by atoms with van der Waals surface area (Å²) in [5, 5.41) is 15.0. The Morgan fingerprint density at radius 3 is 2.50 bits per heavy atom. The van der Waals surface area contributed by atoms with Gasteiger partial charge in [-0.25, -0.2) is 9.78 Å². The molecule has 1 saturated heterocycles. The smallest absolute Gasteiger partial charge is 0.315 e. The molecular weight excluding hydrogens is 308 g/mol. The summed E-state index contributed by atoms with van der Waals surface area (Å²) in [7, 11) is 0. The Hall–Kier alpha value is -2.31. The monoisotopic (exact) mass is 332 g/mol. The number of carboxylic acid groups (broad SMARTS) is 1. The van der Waals surface area contributed by atoms with Crippen LogP contribution < -0.4 is 15.5 Å². The van der Waals surface area contributed by atoms with E-state index in [1.54, 1.807) is 6.20 Å². The van der Waals surface area contributed by atoms with Crippen LogP contribution in [0.1, 0.15) is 32.1 Å². The van der Waals surface area contributed by atoms with Crippen LogP contribution in [0.2, 0.25) is 0 Å². The molecule has 1 unspecified atom stereocenters. The molecule has 1 aromatic rings. The molecule has 7 heteroatoms. The molecule has 2 fully saturated rings. The number of rotatable bonds is 4. The molecule has 0 aromatic carbocycles.